The average molecular weight is 608 g/mol. The number of pyridine rings is 1. The molecule has 0 radical (unpaired) electrons. The van der Waals surface area contributed by atoms with Crippen molar-refractivity contribution < 1.29 is 41.8 Å². The molecule has 1 aliphatic heterocycles. The zero-order chi connectivity index (χ0) is 30.1. The van der Waals surface area contributed by atoms with E-state index in [9.17, 15) is 41.8 Å². The number of aromatic nitrogens is 1. The van der Waals surface area contributed by atoms with Crippen molar-refractivity contribution in [2.24, 2.45) is 0 Å². The molecule has 2 N–H and O–H groups in total. The topological polar surface area (TPSA) is 94.0 Å². The molecule has 222 valence electrons. The minimum Gasteiger partial charge on any atom is -0.507 e. The predicted octanol–water partition coefficient (Wildman–Crippen LogP) is 6.54. The molecule has 42 heavy (non-hydrogen) atoms. The van der Waals surface area contributed by atoms with E-state index >= 15 is 0 Å². The fourth-order valence-corrected chi connectivity index (χ4v) is 6.29. The van der Waals surface area contributed by atoms with Crippen molar-refractivity contribution >= 4 is 29.5 Å². The molecule has 5 rings (SSSR count). The van der Waals surface area contributed by atoms with Gasteiger partial charge in [-0.15, -0.1) is 0 Å². The van der Waals surface area contributed by atoms with Crippen molar-refractivity contribution in [1.82, 2.24) is 9.29 Å². The average Bonchev–Trinajstić information content (AvgIpc) is 2.97. The molecule has 2 heterocycles. The number of carboxylic acids is 1. The summed E-state index contributed by atoms with van der Waals surface area (Å²) in [6.07, 6.45) is 7.41. The van der Waals surface area contributed by atoms with Crippen molar-refractivity contribution in [3.05, 3.63) is 82.4 Å². The maximum atomic E-state index is 14.3. The molecule has 2 aliphatic rings. The molecular weight excluding hydrogens is 581 g/mol. The van der Waals surface area contributed by atoms with E-state index in [1.54, 1.807) is 6.20 Å². The van der Waals surface area contributed by atoms with E-state index in [0.29, 0.717) is 11.5 Å². The molecule has 1 atom stereocenters. The minimum atomic E-state index is -2.27. The van der Waals surface area contributed by atoms with Gasteiger partial charge in [0.1, 0.15) is 22.3 Å². The number of carboxylic acid groups (broad SMARTS) is 1. The lowest BCUT2D eigenvalue weighted by molar-refractivity contribution is -0.124. The second-order valence-corrected chi connectivity index (χ2v) is 11.4. The first-order valence-corrected chi connectivity index (χ1v) is 14.1. The highest BCUT2D eigenvalue weighted by molar-refractivity contribution is 7.97. The number of phenols is 1. The van der Waals surface area contributed by atoms with Crippen LogP contribution in [-0.4, -0.2) is 44.0 Å². The van der Waals surface area contributed by atoms with Crippen LogP contribution in [0.5, 0.6) is 5.75 Å². The molecule has 1 amide bonds. The summed E-state index contributed by atoms with van der Waals surface area (Å²) in [4.78, 5) is 29.9. The van der Waals surface area contributed by atoms with Gasteiger partial charge in [-0.05, 0) is 55.0 Å². The molecule has 13 heteroatoms. The van der Waals surface area contributed by atoms with E-state index in [0.717, 1.165) is 43.5 Å². The first-order chi connectivity index (χ1) is 20.1. The molecule has 1 saturated carbocycles. The van der Waals surface area contributed by atoms with E-state index in [1.807, 2.05) is 12.1 Å². The lowest BCUT2D eigenvalue weighted by atomic mass is 9.86. The number of rotatable bonds is 8. The Hall–Kier alpha value is -3.71. The zero-order valence-corrected chi connectivity index (χ0v) is 22.9. The Kier molecular flexibility index (Phi) is 8.69. The summed E-state index contributed by atoms with van der Waals surface area (Å²) in [5.74, 6) is -12.6. The van der Waals surface area contributed by atoms with Gasteiger partial charge in [0.15, 0.2) is 23.3 Å². The molecule has 0 unspecified atom stereocenters. The SMILES string of the molecule is O=C(O)c1ccc(N(Cc2ccc(C3CCCCC3)nc2)C(=O)[C@H]2CCN2Sc2c(F)c(F)c(F)c(F)c2F)cc1O. The van der Waals surface area contributed by atoms with Crippen LogP contribution in [0.15, 0.2) is 41.4 Å². The van der Waals surface area contributed by atoms with Crippen LogP contribution in [-0.2, 0) is 11.3 Å². The highest BCUT2D eigenvalue weighted by Gasteiger charge is 2.40. The Labute approximate surface area is 242 Å². The standard InChI is InChI=1S/C29H26F5N3O4S/c30-22-23(31)25(33)27(26(34)24(22)32)42-37-11-10-20(37)28(39)36(17-7-8-18(29(40)41)21(38)12-17)14-15-6-9-19(35-13-15)16-4-2-1-3-5-16/h6-9,12-13,16,20,38H,1-5,10-11,14H2,(H,40,41)/t20-/m1/s1. The number of anilines is 1. The predicted molar refractivity (Wildman–Crippen MR) is 144 cm³/mol. The second kappa shape index (κ2) is 12.3. The molecule has 7 nitrogen and oxygen atoms in total. The quantitative estimate of drug-likeness (QED) is 0.130. The fraction of sp³-hybridized carbons (Fsp3) is 0.345. The molecule has 3 aromatic rings. The lowest BCUT2D eigenvalue weighted by Crippen LogP contribution is -2.54. The summed E-state index contributed by atoms with van der Waals surface area (Å²) in [6, 6.07) is 6.30. The van der Waals surface area contributed by atoms with Crippen LogP contribution in [0.25, 0.3) is 0 Å². The van der Waals surface area contributed by atoms with Crippen LogP contribution in [0.2, 0.25) is 0 Å². The number of benzene rings is 2. The van der Waals surface area contributed by atoms with Crippen LogP contribution in [0.1, 0.15) is 66.1 Å². The first kappa shape index (κ1) is 29.8. The number of carbonyl (C=O) groups excluding carboxylic acids is 1. The summed E-state index contributed by atoms with van der Waals surface area (Å²) in [6.45, 7) is 0.0788. The van der Waals surface area contributed by atoms with Gasteiger partial charge in [0, 0.05) is 36.1 Å². The summed E-state index contributed by atoms with van der Waals surface area (Å²) < 4.78 is 70.9. The largest absolute Gasteiger partial charge is 0.507 e. The smallest absolute Gasteiger partial charge is 0.339 e. The van der Waals surface area contributed by atoms with Gasteiger partial charge < -0.3 is 15.1 Å². The normalized spacial score (nSPS) is 17.6. The van der Waals surface area contributed by atoms with Crippen molar-refractivity contribution in [3.8, 4) is 5.75 Å². The van der Waals surface area contributed by atoms with Crippen LogP contribution < -0.4 is 4.90 Å². The second-order valence-electron chi connectivity index (χ2n) is 10.3. The highest BCUT2D eigenvalue weighted by Crippen LogP contribution is 2.39. The van der Waals surface area contributed by atoms with E-state index < -0.39 is 57.6 Å². The first-order valence-electron chi connectivity index (χ1n) is 13.3. The summed E-state index contributed by atoms with van der Waals surface area (Å²) in [5.41, 5.74) is 1.34. The number of aromatic hydroxyl groups is 1. The third kappa shape index (κ3) is 5.80. The molecule has 2 aromatic carbocycles. The van der Waals surface area contributed by atoms with E-state index in [-0.39, 0.29) is 42.7 Å². The van der Waals surface area contributed by atoms with Crippen LogP contribution >= 0.6 is 11.9 Å². The number of amides is 1. The lowest BCUT2D eigenvalue weighted by Gasteiger charge is -2.41. The number of hydrogen-bond acceptors (Lipinski definition) is 6. The maximum Gasteiger partial charge on any atom is 0.339 e. The van der Waals surface area contributed by atoms with E-state index in [2.05, 4.69) is 4.98 Å². The number of nitrogens with zero attached hydrogens (tertiary/aromatic N) is 3. The fourth-order valence-electron chi connectivity index (χ4n) is 5.20. The van der Waals surface area contributed by atoms with Gasteiger partial charge in [-0.1, -0.05) is 25.3 Å². The molecule has 1 saturated heterocycles. The van der Waals surface area contributed by atoms with Crippen LogP contribution in [0, 0.1) is 29.1 Å². The maximum absolute atomic E-state index is 14.3. The van der Waals surface area contributed by atoms with Gasteiger partial charge in [-0.2, -0.15) is 0 Å². The number of halogens is 5. The summed E-state index contributed by atoms with van der Waals surface area (Å²) in [5, 5.41) is 19.6. The van der Waals surface area contributed by atoms with Crippen LogP contribution in [0.4, 0.5) is 27.6 Å². The summed E-state index contributed by atoms with van der Waals surface area (Å²) >= 11 is 0.253. The monoisotopic (exact) mass is 607 g/mol. The zero-order valence-electron chi connectivity index (χ0n) is 22.1. The Morgan fingerprint density at radius 3 is 2.14 bits per heavy atom. The van der Waals surface area contributed by atoms with Crippen LogP contribution in [0.3, 0.4) is 0 Å². The van der Waals surface area contributed by atoms with Crippen molar-refractivity contribution in [2.45, 2.75) is 61.9 Å². The number of hydrogen-bond donors (Lipinski definition) is 2. The van der Waals surface area contributed by atoms with Gasteiger partial charge in [-0.3, -0.25) is 9.78 Å². The van der Waals surface area contributed by atoms with Gasteiger partial charge in [0.25, 0.3) is 0 Å². The van der Waals surface area contributed by atoms with Gasteiger partial charge in [-0.25, -0.2) is 31.1 Å². The molecule has 1 aliphatic carbocycles. The third-order valence-electron chi connectivity index (χ3n) is 7.63. The molecule has 1 aromatic heterocycles. The third-order valence-corrected chi connectivity index (χ3v) is 8.85. The highest BCUT2D eigenvalue weighted by atomic mass is 32.2. The Morgan fingerprint density at radius 1 is 0.929 bits per heavy atom. The Morgan fingerprint density at radius 2 is 1.60 bits per heavy atom. The minimum absolute atomic E-state index is 0.0415. The number of carbonyl (C=O) groups is 2. The molecule has 2 fully saturated rings. The van der Waals surface area contributed by atoms with E-state index in [4.69, 9.17) is 0 Å². The Bertz CT molecular complexity index is 1490. The number of aromatic carboxylic acids is 1. The van der Waals surface area contributed by atoms with Gasteiger partial charge in [0.05, 0.1) is 6.54 Å². The molecule has 0 spiro atoms. The summed E-state index contributed by atoms with van der Waals surface area (Å²) in [7, 11) is 0. The Balaban J connectivity index is 1.42. The van der Waals surface area contributed by atoms with Gasteiger partial charge in [0.2, 0.25) is 11.7 Å². The van der Waals surface area contributed by atoms with Crippen molar-refractivity contribution in [3.63, 3.8) is 0 Å². The molecular formula is C29H26F5N3O4S. The van der Waals surface area contributed by atoms with Crippen molar-refractivity contribution in [1.29, 1.82) is 0 Å². The van der Waals surface area contributed by atoms with E-state index in [1.165, 1.54) is 21.7 Å². The van der Waals surface area contributed by atoms with Crippen molar-refractivity contribution in [2.75, 3.05) is 11.4 Å². The van der Waals surface area contributed by atoms with Gasteiger partial charge >= 0.3 is 5.97 Å². The molecule has 0 bridgehead atoms.